The van der Waals surface area contributed by atoms with Crippen molar-refractivity contribution >= 4 is 28.9 Å². The van der Waals surface area contributed by atoms with Crippen LogP contribution >= 0.6 is 0 Å². The number of hydrogen-bond donors (Lipinski definition) is 2. The van der Waals surface area contributed by atoms with Gasteiger partial charge in [-0.15, -0.1) is 0 Å². The summed E-state index contributed by atoms with van der Waals surface area (Å²) in [6, 6.07) is 12.0. The molecule has 0 bridgehead atoms. The van der Waals surface area contributed by atoms with E-state index in [0.29, 0.717) is 22.6 Å². The zero-order chi connectivity index (χ0) is 22.9. The summed E-state index contributed by atoms with van der Waals surface area (Å²) in [6.45, 7) is 1.80. The maximum absolute atomic E-state index is 12.9. The van der Waals surface area contributed by atoms with Gasteiger partial charge in [-0.25, -0.2) is 15.0 Å². The second-order valence-electron chi connectivity index (χ2n) is 6.95. The summed E-state index contributed by atoms with van der Waals surface area (Å²) in [5.41, 5.74) is 7.78. The molecule has 0 unspecified atom stereocenters. The summed E-state index contributed by atoms with van der Waals surface area (Å²) < 4.78 is 40.4. The number of rotatable bonds is 4. The first kappa shape index (κ1) is 21.0. The Kier molecular flexibility index (Phi) is 5.35. The highest BCUT2D eigenvalue weighted by Crippen LogP contribution is 2.30. The Hall–Kier alpha value is -4.21. The average molecular weight is 438 g/mol. The molecular weight excluding hydrogens is 421 g/mol. The van der Waals surface area contributed by atoms with Gasteiger partial charge < -0.3 is 11.1 Å². The average Bonchev–Trinajstić information content (AvgIpc) is 3.19. The van der Waals surface area contributed by atoms with Crippen molar-refractivity contribution in [3.63, 3.8) is 0 Å². The highest BCUT2D eigenvalue weighted by atomic mass is 19.4. The molecule has 7 nitrogen and oxygen atoms in total. The Morgan fingerprint density at radius 3 is 2.72 bits per heavy atom. The van der Waals surface area contributed by atoms with Gasteiger partial charge in [0.25, 0.3) is 5.91 Å². The number of aliphatic imine (C=N–C) groups is 1. The summed E-state index contributed by atoms with van der Waals surface area (Å²) >= 11 is 0. The zero-order valence-electron chi connectivity index (χ0n) is 16.8. The number of nitrogens with zero attached hydrogens (tertiary/aromatic N) is 4. The molecule has 0 aliphatic rings. The van der Waals surface area contributed by atoms with Gasteiger partial charge in [0.05, 0.1) is 11.8 Å². The number of benzene rings is 1. The summed E-state index contributed by atoms with van der Waals surface area (Å²) in [5, 5.41) is 2.82. The number of nitrogens with one attached hydrogen (secondary N) is 1. The lowest BCUT2D eigenvalue weighted by molar-refractivity contribution is -0.137. The number of anilines is 1. The second-order valence-corrected chi connectivity index (χ2v) is 6.95. The fourth-order valence-electron chi connectivity index (χ4n) is 3.05. The molecule has 3 N–H and O–H groups in total. The lowest BCUT2D eigenvalue weighted by Gasteiger charge is -2.11. The molecule has 1 aromatic carbocycles. The summed E-state index contributed by atoms with van der Waals surface area (Å²) in [4.78, 5) is 24.8. The predicted octanol–water partition coefficient (Wildman–Crippen LogP) is 4.35. The van der Waals surface area contributed by atoms with Crippen molar-refractivity contribution in [3.05, 3.63) is 89.5 Å². The van der Waals surface area contributed by atoms with Crippen molar-refractivity contribution in [2.45, 2.75) is 13.1 Å². The molecule has 0 aliphatic carbocycles. The number of aromatic nitrogens is 3. The minimum Gasteiger partial charge on any atom is -0.383 e. The summed E-state index contributed by atoms with van der Waals surface area (Å²) in [5.74, 6) is -0.588. The van der Waals surface area contributed by atoms with Crippen LogP contribution in [0.5, 0.6) is 0 Å². The van der Waals surface area contributed by atoms with E-state index in [4.69, 9.17) is 5.73 Å². The molecule has 32 heavy (non-hydrogen) atoms. The Morgan fingerprint density at radius 1 is 1.12 bits per heavy atom. The monoisotopic (exact) mass is 438 g/mol. The van der Waals surface area contributed by atoms with Gasteiger partial charge in [-0.2, -0.15) is 13.2 Å². The van der Waals surface area contributed by atoms with E-state index in [-0.39, 0.29) is 17.6 Å². The molecule has 0 fully saturated rings. The number of pyridine rings is 2. The van der Waals surface area contributed by atoms with Crippen molar-refractivity contribution in [1.82, 2.24) is 14.4 Å². The third kappa shape index (κ3) is 4.29. The van der Waals surface area contributed by atoms with Gasteiger partial charge in [-0.05, 0) is 42.8 Å². The van der Waals surface area contributed by atoms with Crippen LogP contribution in [0.3, 0.4) is 0 Å². The Bertz CT molecular complexity index is 1340. The SMILES string of the molecule is Cc1ccc(C(N)=Nc2cc(C(F)(F)F)ccn2)cc1NC(=O)c1cnc2ccccn12. The first-order chi connectivity index (χ1) is 15.2. The topological polar surface area (TPSA) is 97.7 Å². The van der Waals surface area contributed by atoms with Gasteiger partial charge in [-0.1, -0.05) is 18.2 Å². The van der Waals surface area contributed by atoms with Crippen LogP contribution in [-0.2, 0) is 6.18 Å². The van der Waals surface area contributed by atoms with E-state index in [1.165, 1.54) is 6.20 Å². The summed E-state index contributed by atoms with van der Waals surface area (Å²) in [6.07, 6.45) is -0.293. The number of fused-ring (bicyclic) bond motifs is 1. The molecule has 0 aliphatic heterocycles. The number of halogens is 3. The van der Waals surface area contributed by atoms with Crippen LogP contribution in [0.15, 0.2) is 72.1 Å². The molecule has 3 aromatic heterocycles. The largest absolute Gasteiger partial charge is 0.416 e. The third-order valence-electron chi connectivity index (χ3n) is 4.74. The van der Waals surface area contributed by atoms with Gasteiger partial charge in [-0.3, -0.25) is 9.20 Å². The van der Waals surface area contributed by atoms with Crippen LogP contribution < -0.4 is 11.1 Å². The molecule has 162 valence electrons. The van der Waals surface area contributed by atoms with Crippen molar-refractivity contribution in [1.29, 1.82) is 0 Å². The van der Waals surface area contributed by atoms with Crippen molar-refractivity contribution < 1.29 is 18.0 Å². The van der Waals surface area contributed by atoms with E-state index in [9.17, 15) is 18.0 Å². The van der Waals surface area contributed by atoms with E-state index in [0.717, 1.165) is 23.9 Å². The number of aryl methyl sites for hydroxylation is 1. The lowest BCUT2D eigenvalue weighted by atomic mass is 10.1. The molecule has 0 atom stereocenters. The van der Waals surface area contributed by atoms with E-state index in [2.05, 4.69) is 20.3 Å². The number of carbonyl (C=O) groups is 1. The van der Waals surface area contributed by atoms with Crippen molar-refractivity contribution in [2.75, 3.05) is 5.32 Å². The molecule has 10 heteroatoms. The van der Waals surface area contributed by atoms with Gasteiger partial charge >= 0.3 is 6.18 Å². The fraction of sp³-hybridized carbons (Fsp3) is 0.0909. The molecule has 4 rings (SSSR count). The van der Waals surface area contributed by atoms with E-state index >= 15 is 0 Å². The normalized spacial score (nSPS) is 12.2. The molecule has 0 spiro atoms. The number of hydrogen-bond acceptors (Lipinski definition) is 4. The highest BCUT2D eigenvalue weighted by Gasteiger charge is 2.30. The van der Waals surface area contributed by atoms with Crippen LogP contribution in [-0.4, -0.2) is 26.1 Å². The first-order valence-corrected chi connectivity index (χ1v) is 9.44. The molecular formula is C22H17F3N6O. The number of amidine groups is 1. The lowest BCUT2D eigenvalue weighted by Crippen LogP contribution is -2.17. The first-order valence-electron chi connectivity index (χ1n) is 9.44. The Balaban J connectivity index is 1.61. The van der Waals surface area contributed by atoms with E-state index in [1.807, 2.05) is 6.07 Å². The molecule has 4 aromatic rings. The maximum Gasteiger partial charge on any atom is 0.416 e. The third-order valence-corrected chi connectivity index (χ3v) is 4.74. The number of nitrogens with two attached hydrogens (primary N) is 1. The van der Waals surface area contributed by atoms with Crippen LogP contribution in [0.2, 0.25) is 0 Å². The number of amides is 1. The van der Waals surface area contributed by atoms with Crippen LogP contribution in [0.25, 0.3) is 5.65 Å². The molecule has 0 radical (unpaired) electrons. The highest BCUT2D eigenvalue weighted by molar-refractivity contribution is 6.05. The molecule has 0 saturated carbocycles. The molecule has 0 saturated heterocycles. The number of carbonyl (C=O) groups excluding carboxylic acids is 1. The second kappa shape index (κ2) is 8.14. The van der Waals surface area contributed by atoms with Gasteiger partial charge in [0.1, 0.15) is 17.2 Å². The molecule has 1 amide bonds. The van der Waals surface area contributed by atoms with Gasteiger partial charge in [0, 0.05) is 23.6 Å². The minimum absolute atomic E-state index is 0.0397. The smallest absolute Gasteiger partial charge is 0.383 e. The fourth-order valence-corrected chi connectivity index (χ4v) is 3.05. The van der Waals surface area contributed by atoms with Gasteiger partial charge in [0.15, 0.2) is 5.82 Å². The Morgan fingerprint density at radius 2 is 1.94 bits per heavy atom. The van der Waals surface area contributed by atoms with Crippen molar-refractivity contribution in [3.8, 4) is 0 Å². The number of imidazole rings is 1. The standard InChI is InChI=1S/C22H17F3N6O/c1-13-5-6-14(20(26)30-18-11-15(7-8-27-18)22(23,24)25)10-16(13)29-21(32)17-12-28-19-4-2-3-9-31(17)19/h2-12H,1H3,(H,29,32)(H2,26,27,30). The quantitative estimate of drug-likeness (QED) is 0.366. The minimum atomic E-state index is -4.51. The van der Waals surface area contributed by atoms with E-state index < -0.39 is 11.7 Å². The predicted molar refractivity (Wildman–Crippen MR) is 114 cm³/mol. The van der Waals surface area contributed by atoms with Gasteiger partial charge in [0.2, 0.25) is 0 Å². The maximum atomic E-state index is 12.9. The Labute approximate surface area is 180 Å². The molecule has 3 heterocycles. The van der Waals surface area contributed by atoms with Crippen LogP contribution in [0, 0.1) is 6.92 Å². The van der Waals surface area contributed by atoms with Crippen LogP contribution in [0.4, 0.5) is 24.7 Å². The number of alkyl halides is 3. The van der Waals surface area contributed by atoms with E-state index in [1.54, 1.807) is 47.9 Å². The van der Waals surface area contributed by atoms with Crippen molar-refractivity contribution in [2.24, 2.45) is 10.7 Å². The van der Waals surface area contributed by atoms with Crippen LogP contribution in [0.1, 0.15) is 27.2 Å². The zero-order valence-corrected chi connectivity index (χ0v) is 16.8. The summed E-state index contributed by atoms with van der Waals surface area (Å²) in [7, 11) is 0.